The molecule has 0 aromatic heterocycles. The van der Waals surface area contributed by atoms with E-state index >= 15 is 0 Å². The standard InChI is InChI=1S/C11H14ClFO3/c1-15-6-8(14)5-7-3-4-9(16-2)11(13)10(7)12/h3-4,8,14H,5-6H2,1-2H3/t8-/m0/s1. The van der Waals surface area contributed by atoms with Crippen molar-refractivity contribution in [2.24, 2.45) is 0 Å². The highest BCUT2D eigenvalue weighted by molar-refractivity contribution is 6.31. The Morgan fingerprint density at radius 3 is 2.69 bits per heavy atom. The first-order chi connectivity index (χ1) is 7.60. The van der Waals surface area contributed by atoms with Crippen LogP contribution in [-0.4, -0.2) is 32.0 Å². The Kier molecular flexibility index (Phi) is 4.99. The fourth-order valence-electron chi connectivity index (χ4n) is 1.39. The van der Waals surface area contributed by atoms with Crippen LogP contribution < -0.4 is 4.74 Å². The predicted molar refractivity (Wildman–Crippen MR) is 59.5 cm³/mol. The molecule has 0 saturated heterocycles. The fourth-order valence-corrected chi connectivity index (χ4v) is 1.63. The van der Waals surface area contributed by atoms with Crippen LogP contribution in [0.2, 0.25) is 5.02 Å². The predicted octanol–water partition coefficient (Wildman–Crippen LogP) is 2.04. The van der Waals surface area contributed by atoms with Crippen molar-refractivity contribution in [1.82, 2.24) is 0 Å². The number of hydrogen-bond donors (Lipinski definition) is 1. The molecule has 0 aliphatic heterocycles. The molecule has 3 nitrogen and oxygen atoms in total. The summed E-state index contributed by atoms with van der Waals surface area (Å²) in [6.07, 6.45) is -0.455. The minimum atomic E-state index is -0.699. The van der Waals surface area contributed by atoms with Gasteiger partial charge in [0.15, 0.2) is 11.6 Å². The molecule has 5 heteroatoms. The Morgan fingerprint density at radius 2 is 2.12 bits per heavy atom. The maximum absolute atomic E-state index is 13.5. The molecule has 1 aromatic rings. The van der Waals surface area contributed by atoms with E-state index in [2.05, 4.69) is 0 Å². The van der Waals surface area contributed by atoms with Gasteiger partial charge in [-0.05, 0) is 11.6 Å². The molecule has 0 saturated carbocycles. The summed E-state index contributed by atoms with van der Waals surface area (Å²) in [5.74, 6) is -0.513. The van der Waals surface area contributed by atoms with E-state index in [0.29, 0.717) is 5.56 Å². The van der Waals surface area contributed by atoms with Gasteiger partial charge in [-0.15, -0.1) is 0 Å². The van der Waals surface area contributed by atoms with Crippen LogP contribution in [0.3, 0.4) is 0 Å². The minimum absolute atomic E-state index is 0.0190. The zero-order valence-electron chi connectivity index (χ0n) is 9.17. The summed E-state index contributed by atoms with van der Waals surface area (Å²) in [4.78, 5) is 0. The zero-order valence-corrected chi connectivity index (χ0v) is 9.92. The largest absolute Gasteiger partial charge is 0.494 e. The van der Waals surface area contributed by atoms with Crippen LogP contribution in [0.15, 0.2) is 12.1 Å². The van der Waals surface area contributed by atoms with Crippen molar-refractivity contribution in [3.05, 3.63) is 28.5 Å². The Bertz CT molecular complexity index is 357. The molecule has 0 aliphatic carbocycles. The number of aliphatic hydroxyl groups excluding tert-OH is 1. The molecule has 1 N–H and O–H groups in total. The molecule has 1 rings (SSSR count). The van der Waals surface area contributed by atoms with Gasteiger partial charge in [0.2, 0.25) is 0 Å². The van der Waals surface area contributed by atoms with E-state index in [9.17, 15) is 9.50 Å². The highest BCUT2D eigenvalue weighted by Gasteiger charge is 2.14. The monoisotopic (exact) mass is 248 g/mol. The molecule has 1 aromatic carbocycles. The molecule has 16 heavy (non-hydrogen) atoms. The van der Waals surface area contributed by atoms with Crippen LogP contribution in [0.5, 0.6) is 5.75 Å². The average Bonchev–Trinajstić information content (AvgIpc) is 2.25. The van der Waals surface area contributed by atoms with Crippen molar-refractivity contribution in [3.63, 3.8) is 0 Å². The van der Waals surface area contributed by atoms with Gasteiger partial charge in [0.05, 0.1) is 24.8 Å². The molecular weight excluding hydrogens is 235 g/mol. The quantitative estimate of drug-likeness (QED) is 0.867. The molecule has 0 radical (unpaired) electrons. The lowest BCUT2D eigenvalue weighted by Gasteiger charge is -2.12. The summed E-state index contributed by atoms with van der Waals surface area (Å²) in [6.45, 7) is 0.185. The summed E-state index contributed by atoms with van der Waals surface area (Å²) in [7, 11) is 2.85. The van der Waals surface area contributed by atoms with E-state index in [1.807, 2.05) is 0 Å². The smallest absolute Gasteiger partial charge is 0.183 e. The molecule has 1 atom stereocenters. The van der Waals surface area contributed by atoms with Crippen molar-refractivity contribution in [2.75, 3.05) is 20.8 Å². The normalized spacial score (nSPS) is 12.6. The number of ether oxygens (including phenoxy) is 2. The fraction of sp³-hybridized carbons (Fsp3) is 0.455. The Hall–Kier alpha value is -0.840. The van der Waals surface area contributed by atoms with Gasteiger partial charge in [-0.2, -0.15) is 0 Å². The molecule has 90 valence electrons. The van der Waals surface area contributed by atoms with Crippen molar-refractivity contribution in [1.29, 1.82) is 0 Å². The van der Waals surface area contributed by atoms with Crippen LogP contribution in [0.1, 0.15) is 5.56 Å². The van der Waals surface area contributed by atoms with Crippen LogP contribution in [0.4, 0.5) is 4.39 Å². The molecule has 0 unspecified atom stereocenters. The van der Waals surface area contributed by atoms with Gasteiger partial charge in [0, 0.05) is 13.5 Å². The number of halogens is 2. The third-order valence-corrected chi connectivity index (χ3v) is 2.57. The summed E-state index contributed by atoms with van der Waals surface area (Å²) in [5, 5.41) is 9.49. The molecule has 0 amide bonds. The van der Waals surface area contributed by atoms with Gasteiger partial charge in [0.25, 0.3) is 0 Å². The van der Waals surface area contributed by atoms with E-state index in [1.165, 1.54) is 20.3 Å². The SMILES string of the molecule is COC[C@@H](O)Cc1ccc(OC)c(F)c1Cl. The van der Waals surface area contributed by atoms with E-state index in [1.54, 1.807) is 6.07 Å². The van der Waals surface area contributed by atoms with Crippen molar-refractivity contribution in [2.45, 2.75) is 12.5 Å². The summed E-state index contributed by atoms with van der Waals surface area (Å²) in [5.41, 5.74) is 0.532. The second-order valence-electron chi connectivity index (χ2n) is 3.37. The maximum Gasteiger partial charge on any atom is 0.183 e. The molecule has 0 fully saturated rings. The first-order valence-electron chi connectivity index (χ1n) is 4.78. The van der Waals surface area contributed by atoms with Gasteiger partial charge in [0.1, 0.15) is 0 Å². The lowest BCUT2D eigenvalue weighted by molar-refractivity contribution is 0.0650. The van der Waals surface area contributed by atoms with Gasteiger partial charge < -0.3 is 14.6 Å². The van der Waals surface area contributed by atoms with Crippen LogP contribution >= 0.6 is 11.6 Å². The lowest BCUT2D eigenvalue weighted by atomic mass is 10.1. The summed E-state index contributed by atoms with van der Waals surface area (Å²) in [6, 6.07) is 3.11. The van der Waals surface area contributed by atoms with E-state index in [-0.39, 0.29) is 23.8 Å². The third kappa shape index (κ3) is 3.07. The van der Waals surface area contributed by atoms with Gasteiger partial charge in [-0.25, -0.2) is 4.39 Å². The third-order valence-electron chi connectivity index (χ3n) is 2.16. The number of aliphatic hydroxyl groups is 1. The van der Waals surface area contributed by atoms with Gasteiger partial charge in [-0.1, -0.05) is 17.7 Å². The van der Waals surface area contributed by atoms with Gasteiger partial charge >= 0.3 is 0 Å². The molecular formula is C11H14ClFO3. The number of methoxy groups -OCH3 is 2. The van der Waals surface area contributed by atoms with E-state index in [0.717, 1.165) is 0 Å². The van der Waals surface area contributed by atoms with Crippen molar-refractivity contribution >= 4 is 11.6 Å². The number of benzene rings is 1. The molecule has 0 bridgehead atoms. The van der Waals surface area contributed by atoms with Crippen molar-refractivity contribution in [3.8, 4) is 5.75 Å². The van der Waals surface area contributed by atoms with Gasteiger partial charge in [-0.3, -0.25) is 0 Å². The van der Waals surface area contributed by atoms with Crippen LogP contribution in [-0.2, 0) is 11.2 Å². The molecule has 0 aliphatic rings. The topological polar surface area (TPSA) is 38.7 Å². The van der Waals surface area contributed by atoms with E-state index in [4.69, 9.17) is 21.1 Å². The first-order valence-corrected chi connectivity index (χ1v) is 5.15. The number of rotatable bonds is 5. The first kappa shape index (κ1) is 13.2. The van der Waals surface area contributed by atoms with Crippen LogP contribution in [0.25, 0.3) is 0 Å². The average molecular weight is 249 g/mol. The minimum Gasteiger partial charge on any atom is -0.494 e. The van der Waals surface area contributed by atoms with Crippen LogP contribution in [0, 0.1) is 5.82 Å². The summed E-state index contributed by atoms with van der Waals surface area (Å²) >= 11 is 5.81. The molecule has 0 spiro atoms. The van der Waals surface area contributed by atoms with E-state index < -0.39 is 11.9 Å². The Labute approximate surface area is 98.7 Å². The highest BCUT2D eigenvalue weighted by Crippen LogP contribution is 2.28. The Balaban J connectivity index is 2.86. The maximum atomic E-state index is 13.5. The van der Waals surface area contributed by atoms with Crippen molar-refractivity contribution < 1.29 is 19.0 Å². The lowest BCUT2D eigenvalue weighted by Crippen LogP contribution is -2.17. The molecule has 0 heterocycles. The second-order valence-corrected chi connectivity index (χ2v) is 3.75. The zero-order chi connectivity index (χ0) is 12.1. The second kappa shape index (κ2) is 6.03. The summed E-state index contributed by atoms with van der Waals surface area (Å²) < 4.78 is 23.1. The number of hydrogen-bond acceptors (Lipinski definition) is 3. The Morgan fingerprint density at radius 1 is 1.44 bits per heavy atom. The highest BCUT2D eigenvalue weighted by atomic mass is 35.5.